The predicted octanol–water partition coefficient (Wildman–Crippen LogP) is 3.09. The quantitative estimate of drug-likeness (QED) is 0.747. The van der Waals surface area contributed by atoms with Crippen molar-refractivity contribution in [3.8, 4) is 16.3 Å². The van der Waals surface area contributed by atoms with Gasteiger partial charge < -0.3 is 15.0 Å². The number of imidazole rings is 1. The molecule has 0 bridgehead atoms. The van der Waals surface area contributed by atoms with E-state index >= 15 is 0 Å². The van der Waals surface area contributed by atoms with E-state index in [1.807, 2.05) is 38.1 Å². The third-order valence-corrected chi connectivity index (χ3v) is 4.62. The second kappa shape index (κ2) is 6.84. The van der Waals surface area contributed by atoms with Crippen LogP contribution in [-0.2, 0) is 6.54 Å². The molecule has 0 aliphatic rings. The van der Waals surface area contributed by atoms with Crippen molar-refractivity contribution in [3.05, 3.63) is 52.6 Å². The van der Waals surface area contributed by atoms with Gasteiger partial charge in [-0.3, -0.25) is 4.79 Å². The average molecular weight is 342 g/mol. The van der Waals surface area contributed by atoms with Crippen molar-refractivity contribution >= 4 is 17.2 Å². The molecule has 7 heteroatoms. The number of aromatic amines is 1. The molecular weight excluding hydrogens is 324 g/mol. The lowest BCUT2D eigenvalue weighted by atomic mass is 10.2. The van der Waals surface area contributed by atoms with Crippen molar-refractivity contribution < 1.29 is 9.53 Å². The zero-order valence-electron chi connectivity index (χ0n) is 13.7. The van der Waals surface area contributed by atoms with E-state index in [1.165, 1.54) is 11.3 Å². The van der Waals surface area contributed by atoms with E-state index in [2.05, 4.69) is 20.3 Å². The van der Waals surface area contributed by atoms with Crippen molar-refractivity contribution in [1.29, 1.82) is 0 Å². The molecule has 3 rings (SSSR count). The maximum absolute atomic E-state index is 12.3. The van der Waals surface area contributed by atoms with Gasteiger partial charge in [0.15, 0.2) is 0 Å². The number of benzene rings is 1. The normalized spacial score (nSPS) is 10.6. The van der Waals surface area contributed by atoms with Crippen LogP contribution in [0.25, 0.3) is 10.6 Å². The number of aromatic nitrogens is 3. The number of amides is 1. The zero-order chi connectivity index (χ0) is 17.1. The van der Waals surface area contributed by atoms with Crippen LogP contribution in [0, 0.1) is 13.8 Å². The average Bonchev–Trinajstić information content (AvgIpc) is 3.19. The molecule has 0 saturated heterocycles. The predicted molar refractivity (Wildman–Crippen MR) is 93.3 cm³/mol. The van der Waals surface area contributed by atoms with E-state index in [0.29, 0.717) is 11.4 Å². The van der Waals surface area contributed by atoms with Crippen molar-refractivity contribution in [2.45, 2.75) is 20.4 Å². The number of hydrogen-bond acceptors (Lipinski definition) is 5. The lowest BCUT2D eigenvalue weighted by Gasteiger charge is -2.04. The Morgan fingerprint density at radius 1 is 1.33 bits per heavy atom. The number of aryl methyl sites for hydroxylation is 2. The maximum Gasteiger partial charge on any atom is 0.263 e. The monoisotopic (exact) mass is 342 g/mol. The van der Waals surface area contributed by atoms with Gasteiger partial charge >= 0.3 is 0 Å². The second-order valence-corrected chi connectivity index (χ2v) is 6.34. The number of H-pyrrole nitrogens is 1. The number of para-hydroxylation sites is 1. The van der Waals surface area contributed by atoms with Crippen molar-refractivity contribution in [1.82, 2.24) is 20.3 Å². The summed E-state index contributed by atoms with van der Waals surface area (Å²) in [4.78, 5) is 24.7. The lowest BCUT2D eigenvalue weighted by molar-refractivity contribution is 0.0954. The number of rotatable bonds is 5. The number of hydrogen-bond donors (Lipinski definition) is 2. The molecule has 3 aromatic rings. The Kier molecular flexibility index (Phi) is 4.61. The van der Waals surface area contributed by atoms with Crippen LogP contribution < -0.4 is 10.1 Å². The number of nitrogens with zero attached hydrogens (tertiary/aromatic N) is 2. The highest BCUT2D eigenvalue weighted by Crippen LogP contribution is 2.32. The fourth-order valence-corrected chi connectivity index (χ4v) is 3.27. The van der Waals surface area contributed by atoms with Crippen LogP contribution in [0.4, 0.5) is 0 Å². The minimum Gasteiger partial charge on any atom is -0.496 e. The molecule has 1 amide bonds. The maximum atomic E-state index is 12.3. The van der Waals surface area contributed by atoms with Crippen LogP contribution in [0.1, 0.15) is 26.9 Å². The summed E-state index contributed by atoms with van der Waals surface area (Å²) in [6.45, 7) is 4.21. The van der Waals surface area contributed by atoms with Crippen LogP contribution in [0.3, 0.4) is 0 Å². The highest BCUT2D eigenvalue weighted by atomic mass is 32.1. The van der Waals surface area contributed by atoms with E-state index in [0.717, 1.165) is 33.5 Å². The van der Waals surface area contributed by atoms with Crippen LogP contribution in [0.15, 0.2) is 30.5 Å². The van der Waals surface area contributed by atoms with Crippen LogP contribution in [-0.4, -0.2) is 28.0 Å². The van der Waals surface area contributed by atoms with Gasteiger partial charge in [0, 0.05) is 5.69 Å². The smallest absolute Gasteiger partial charge is 0.263 e. The molecule has 0 unspecified atom stereocenters. The first-order chi connectivity index (χ1) is 11.6. The van der Waals surface area contributed by atoms with Gasteiger partial charge in [-0.25, -0.2) is 9.97 Å². The number of nitrogens with one attached hydrogen (secondary N) is 2. The molecule has 0 spiro atoms. The first-order valence-corrected chi connectivity index (χ1v) is 8.29. The number of ether oxygens (including phenoxy) is 1. The number of thiazole rings is 1. The molecule has 1 aromatic carbocycles. The summed E-state index contributed by atoms with van der Waals surface area (Å²) in [6, 6.07) is 7.62. The Hall–Kier alpha value is -2.67. The first kappa shape index (κ1) is 16.2. The van der Waals surface area contributed by atoms with E-state index in [9.17, 15) is 4.79 Å². The molecule has 0 aliphatic carbocycles. The van der Waals surface area contributed by atoms with Crippen LogP contribution >= 0.6 is 11.3 Å². The van der Waals surface area contributed by atoms with Gasteiger partial charge in [-0.2, -0.15) is 0 Å². The van der Waals surface area contributed by atoms with Gasteiger partial charge in [0.05, 0.1) is 31.1 Å². The summed E-state index contributed by atoms with van der Waals surface area (Å²) >= 11 is 1.34. The molecule has 24 heavy (non-hydrogen) atoms. The number of methoxy groups -OCH3 is 1. The van der Waals surface area contributed by atoms with Crippen molar-refractivity contribution in [3.63, 3.8) is 0 Å². The van der Waals surface area contributed by atoms with E-state index in [1.54, 1.807) is 13.3 Å². The standard InChI is InChI=1S/C17H18N4O2S/c1-10-13(21-11(2)20-10)8-18-16(22)15-9-19-17(24-15)12-6-4-5-7-14(12)23-3/h4-7,9H,8H2,1-3H3,(H,18,22)(H,20,21). The van der Waals surface area contributed by atoms with Crippen molar-refractivity contribution in [2.75, 3.05) is 7.11 Å². The Morgan fingerprint density at radius 3 is 2.83 bits per heavy atom. The molecule has 6 nitrogen and oxygen atoms in total. The molecule has 0 saturated carbocycles. The fraction of sp³-hybridized carbons (Fsp3) is 0.235. The second-order valence-electron chi connectivity index (χ2n) is 5.31. The molecule has 0 radical (unpaired) electrons. The number of carbonyl (C=O) groups excluding carboxylic acids is 1. The highest BCUT2D eigenvalue weighted by Gasteiger charge is 2.15. The lowest BCUT2D eigenvalue weighted by Crippen LogP contribution is -2.22. The third kappa shape index (κ3) is 3.30. The fourth-order valence-electron chi connectivity index (χ4n) is 2.41. The summed E-state index contributed by atoms with van der Waals surface area (Å²) in [5, 5.41) is 3.63. The van der Waals surface area contributed by atoms with Crippen molar-refractivity contribution in [2.24, 2.45) is 0 Å². The molecule has 0 fully saturated rings. The van der Waals surface area contributed by atoms with Gasteiger partial charge in [-0.15, -0.1) is 11.3 Å². The molecule has 0 aliphatic heterocycles. The molecule has 0 atom stereocenters. The Bertz CT molecular complexity index is 869. The SMILES string of the molecule is COc1ccccc1-c1ncc(C(=O)NCc2nc(C)[nH]c2C)s1. The Balaban J connectivity index is 1.73. The Morgan fingerprint density at radius 2 is 2.12 bits per heavy atom. The van der Waals surface area contributed by atoms with E-state index in [-0.39, 0.29) is 5.91 Å². The van der Waals surface area contributed by atoms with E-state index in [4.69, 9.17) is 4.74 Å². The highest BCUT2D eigenvalue weighted by molar-refractivity contribution is 7.16. The molecule has 2 aromatic heterocycles. The van der Waals surface area contributed by atoms with Gasteiger partial charge in [-0.1, -0.05) is 12.1 Å². The molecule has 124 valence electrons. The first-order valence-electron chi connectivity index (χ1n) is 7.48. The largest absolute Gasteiger partial charge is 0.496 e. The van der Waals surface area contributed by atoms with Gasteiger partial charge in [0.25, 0.3) is 5.91 Å². The summed E-state index contributed by atoms with van der Waals surface area (Å²) < 4.78 is 5.34. The Labute approximate surface area is 143 Å². The summed E-state index contributed by atoms with van der Waals surface area (Å²) in [5.41, 5.74) is 2.69. The minimum atomic E-state index is -0.159. The van der Waals surface area contributed by atoms with E-state index < -0.39 is 0 Å². The summed E-state index contributed by atoms with van der Waals surface area (Å²) in [6.07, 6.45) is 1.59. The zero-order valence-corrected chi connectivity index (χ0v) is 14.5. The molecule has 2 N–H and O–H groups in total. The van der Waals surface area contributed by atoms with Gasteiger partial charge in [0.1, 0.15) is 21.5 Å². The molecular formula is C17H18N4O2S. The molecule has 2 heterocycles. The van der Waals surface area contributed by atoms with Gasteiger partial charge in [-0.05, 0) is 26.0 Å². The number of carbonyl (C=O) groups is 1. The third-order valence-electron chi connectivity index (χ3n) is 3.59. The summed E-state index contributed by atoms with van der Waals surface area (Å²) in [5.74, 6) is 1.42. The van der Waals surface area contributed by atoms with Gasteiger partial charge in [0.2, 0.25) is 0 Å². The summed E-state index contributed by atoms with van der Waals surface area (Å²) in [7, 11) is 1.62. The minimum absolute atomic E-state index is 0.159. The van der Waals surface area contributed by atoms with Crippen LogP contribution in [0.5, 0.6) is 5.75 Å². The van der Waals surface area contributed by atoms with Crippen LogP contribution in [0.2, 0.25) is 0 Å². The topological polar surface area (TPSA) is 79.9 Å².